The maximum Gasteiger partial charge on any atom is 0.255 e. The molecule has 2 amide bonds. The smallest absolute Gasteiger partial charge is 0.255 e. The summed E-state index contributed by atoms with van der Waals surface area (Å²) in [5, 5.41) is 5.81. The molecule has 0 spiro atoms. The van der Waals surface area contributed by atoms with Gasteiger partial charge in [0.2, 0.25) is 5.91 Å². The first-order valence-electron chi connectivity index (χ1n) is 10.1. The molecule has 0 saturated carbocycles. The van der Waals surface area contributed by atoms with Gasteiger partial charge in [0.05, 0.1) is 5.69 Å². The van der Waals surface area contributed by atoms with Gasteiger partial charge in [-0.3, -0.25) is 9.59 Å². The number of benzene rings is 2. The molecule has 0 unspecified atom stereocenters. The number of unbranched alkanes of at least 4 members (excludes halogenated alkanes) is 6. The molecule has 28 heavy (non-hydrogen) atoms. The lowest BCUT2D eigenvalue weighted by Crippen LogP contribution is -2.14. The second kappa shape index (κ2) is 12.5. The van der Waals surface area contributed by atoms with Crippen molar-refractivity contribution in [2.24, 2.45) is 0 Å². The van der Waals surface area contributed by atoms with E-state index in [0.29, 0.717) is 12.0 Å². The van der Waals surface area contributed by atoms with Crippen molar-refractivity contribution in [2.45, 2.75) is 58.3 Å². The van der Waals surface area contributed by atoms with Crippen LogP contribution in [0.2, 0.25) is 0 Å². The molecule has 0 saturated heterocycles. The van der Waals surface area contributed by atoms with Gasteiger partial charge >= 0.3 is 0 Å². The minimum atomic E-state index is -0.162. The number of hydrogen-bond acceptors (Lipinski definition) is 2. The van der Waals surface area contributed by atoms with Crippen LogP contribution in [-0.4, -0.2) is 11.8 Å². The highest BCUT2D eigenvalue weighted by atomic mass is 127. The van der Waals surface area contributed by atoms with Gasteiger partial charge < -0.3 is 10.6 Å². The number of para-hydroxylation sites is 1. The zero-order valence-corrected chi connectivity index (χ0v) is 18.6. The van der Waals surface area contributed by atoms with E-state index in [1.165, 1.54) is 32.1 Å². The van der Waals surface area contributed by atoms with Crippen LogP contribution >= 0.6 is 22.6 Å². The van der Waals surface area contributed by atoms with E-state index in [9.17, 15) is 9.59 Å². The molecule has 2 aromatic rings. The van der Waals surface area contributed by atoms with Gasteiger partial charge in [-0.25, -0.2) is 0 Å². The van der Waals surface area contributed by atoms with Gasteiger partial charge in [-0.05, 0) is 65.4 Å². The fourth-order valence-electron chi connectivity index (χ4n) is 2.93. The van der Waals surface area contributed by atoms with E-state index in [2.05, 4.69) is 40.1 Å². The Morgan fingerprint density at radius 3 is 2.14 bits per heavy atom. The van der Waals surface area contributed by atoms with Crippen LogP contribution in [-0.2, 0) is 4.79 Å². The van der Waals surface area contributed by atoms with Crippen LogP contribution in [0.4, 0.5) is 11.4 Å². The number of carbonyl (C=O) groups excluding carboxylic acids is 2. The summed E-state index contributed by atoms with van der Waals surface area (Å²) in [4.78, 5) is 24.4. The third-order valence-corrected chi connectivity index (χ3v) is 5.50. The molecule has 2 rings (SSSR count). The Bertz CT molecular complexity index is 759. The highest BCUT2D eigenvalue weighted by molar-refractivity contribution is 14.1. The van der Waals surface area contributed by atoms with Crippen LogP contribution in [0.25, 0.3) is 0 Å². The summed E-state index contributed by atoms with van der Waals surface area (Å²) in [5.41, 5.74) is 2.07. The van der Waals surface area contributed by atoms with E-state index < -0.39 is 0 Å². The van der Waals surface area contributed by atoms with Crippen LogP contribution in [0.1, 0.15) is 68.6 Å². The number of nitrogens with one attached hydrogen (secondary N) is 2. The quantitative estimate of drug-likeness (QED) is 0.274. The minimum Gasteiger partial charge on any atom is -0.326 e. The lowest BCUT2D eigenvalue weighted by Gasteiger charge is -2.09. The van der Waals surface area contributed by atoms with Gasteiger partial charge in [-0.15, -0.1) is 0 Å². The molecule has 0 aliphatic rings. The number of rotatable bonds is 11. The molecular formula is C23H29IN2O2. The van der Waals surface area contributed by atoms with E-state index in [4.69, 9.17) is 0 Å². The molecule has 2 aromatic carbocycles. The Hall–Kier alpha value is -1.89. The van der Waals surface area contributed by atoms with E-state index in [1.807, 2.05) is 24.3 Å². The molecule has 4 nitrogen and oxygen atoms in total. The van der Waals surface area contributed by atoms with Crippen LogP contribution < -0.4 is 10.6 Å². The van der Waals surface area contributed by atoms with Crippen molar-refractivity contribution in [3.63, 3.8) is 0 Å². The molecule has 0 atom stereocenters. The van der Waals surface area contributed by atoms with Crippen molar-refractivity contribution in [1.82, 2.24) is 0 Å². The number of anilines is 2. The molecule has 2 N–H and O–H groups in total. The normalized spacial score (nSPS) is 10.5. The Balaban J connectivity index is 1.73. The lowest BCUT2D eigenvalue weighted by molar-refractivity contribution is -0.116. The maximum absolute atomic E-state index is 12.4. The zero-order valence-electron chi connectivity index (χ0n) is 16.5. The first kappa shape index (κ1) is 22.4. The van der Waals surface area contributed by atoms with Gasteiger partial charge in [0.1, 0.15) is 0 Å². The maximum atomic E-state index is 12.4. The number of halogens is 1. The second-order valence-corrected chi connectivity index (χ2v) is 8.09. The molecule has 150 valence electrons. The first-order valence-corrected chi connectivity index (χ1v) is 11.1. The molecular weight excluding hydrogens is 463 g/mol. The molecule has 0 radical (unpaired) electrons. The summed E-state index contributed by atoms with van der Waals surface area (Å²) in [6.45, 7) is 2.22. The highest BCUT2D eigenvalue weighted by Crippen LogP contribution is 2.19. The molecule has 0 aliphatic carbocycles. The van der Waals surface area contributed by atoms with Crippen molar-refractivity contribution in [2.75, 3.05) is 10.6 Å². The summed E-state index contributed by atoms with van der Waals surface area (Å²) < 4.78 is 0.989. The average molecular weight is 492 g/mol. The molecule has 0 aromatic heterocycles. The molecule has 0 fully saturated rings. The third-order valence-electron chi connectivity index (χ3n) is 4.56. The SMILES string of the molecule is CCCCCCCCCC(=O)Nc1ccc(C(=O)Nc2ccccc2I)cc1. The van der Waals surface area contributed by atoms with Crippen molar-refractivity contribution in [3.05, 3.63) is 57.7 Å². The monoisotopic (exact) mass is 492 g/mol. The largest absolute Gasteiger partial charge is 0.326 e. The van der Waals surface area contributed by atoms with Gasteiger partial charge in [0, 0.05) is 21.2 Å². The van der Waals surface area contributed by atoms with Gasteiger partial charge in [0.25, 0.3) is 5.91 Å². The number of hydrogen-bond donors (Lipinski definition) is 2. The first-order chi connectivity index (χ1) is 13.6. The van der Waals surface area contributed by atoms with Crippen LogP contribution in [0.3, 0.4) is 0 Å². The summed E-state index contributed by atoms with van der Waals surface area (Å²) in [7, 11) is 0. The summed E-state index contributed by atoms with van der Waals surface area (Å²) in [6.07, 6.45) is 8.91. The average Bonchev–Trinajstić information content (AvgIpc) is 2.69. The molecule has 0 bridgehead atoms. The van der Waals surface area contributed by atoms with E-state index >= 15 is 0 Å². The summed E-state index contributed by atoms with van der Waals surface area (Å²) >= 11 is 2.19. The lowest BCUT2D eigenvalue weighted by atomic mass is 10.1. The number of carbonyl (C=O) groups is 2. The van der Waals surface area contributed by atoms with Crippen LogP contribution in [0, 0.1) is 3.57 Å². The Morgan fingerprint density at radius 1 is 0.821 bits per heavy atom. The third kappa shape index (κ3) is 8.00. The fourth-order valence-corrected chi connectivity index (χ4v) is 3.45. The summed E-state index contributed by atoms with van der Waals surface area (Å²) in [6, 6.07) is 14.6. The Labute approximate surface area is 181 Å². The predicted molar refractivity (Wildman–Crippen MR) is 125 cm³/mol. The standard InChI is InChI=1S/C23H29IN2O2/c1-2-3-4-5-6-7-8-13-22(27)25-19-16-14-18(15-17-19)23(28)26-21-12-10-9-11-20(21)24/h9-12,14-17H,2-8,13H2,1H3,(H,25,27)(H,26,28). The van der Waals surface area contributed by atoms with E-state index in [-0.39, 0.29) is 11.8 Å². The fraction of sp³-hybridized carbons (Fsp3) is 0.391. The topological polar surface area (TPSA) is 58.2 Å². The highest BCUT2D eigenvalue weighted by Gasteiger charge is 2.09. The van der Waals surface area contributed by atoms with Gasteiger partial charge in [-0.1, -0.05) is 57.6 Å². The van der Waals surface area contributed by atoms with Crippen molar-refractivity contribution >= 4 is 45.8 Å². The number of amides is 2. The van der Waals surface area contributed by atoms with E-state index in [0.717, 1.165) is 27.8 Å². The van der Waals surface area contributed by atoms with Crippen molar-refractivity contribution in [1.29, 1.82) is 0 Å². The minimum absolute atomic E-state index is 0.0320. The van der Waals surface area contributed by atoms with Gasteiger partial charge in [-0.2, -0.15) is 0 Å². The van der Waals surface area contributed by atoms with Crippen molar-refractivity contribution < 1.29 is 9.59 Å². The molecule has 0 heterocycles. The zero-order chi connectivity index (χ0) is 20.2. The predicted octanol–water partition coefficient (Wildman–Crippen LogP) is 6.62. The molecule has 0 aliphatic heterocycles. The van der Waals surface area contributed by atoms with Crippen molar-refractivity contribution in [3.8, 4) is 0 Å². The van der Waals surface area contributed by atoms with Crippen LogP contribution in [0.5, 0.6) is 0 Å². The Kier molecular flexibility index (Phi) is 10.0. The summed E-state index contributed by atoms with van der Waals surface area (Å²) in [5.74, 6) is -0.130. The Morgan fingerprint density at radius 2 is 1.46 bits per heavy atom. The second-order valence-electron chi connectivity index (χ2n) is 6.93. The van der Waals surface area contributed by atoms with E-state index in [1.54, 1.807) is 24.3 Å². The molecule has 5 heteroatoms. The van der Waals surface area contributed by atoms with Crippen LogP contribution in [0.15, 0.2) is 48.5 Å². The van der Waals surface area contributed by atoms with Gasteiger partial charge in [0.15, 0.2) is 0 Å².